The van der Waals surface area contributed by atoms with Crippen molar-refractivity contribution in [2.45, 2.75) is 13.5 Å². The molecule has 0 spiro atoms. The minimum Gasteiger partial charge on any atom is -0.397 e. The van der Waals surface area contributed by atoms with E-state index in [1.54, 1.807) is 23.3 Å². The van der Waals surface area contributed by atoms with Gasteiger partial charge in [-0.25, -0.2) is 4.98 Å². The number of rotatable bonds is 3. The lowest BCUT2D eigenvalue weighted by Crippen LogP contribution is -2.27. The number of hydrogen-bond acceptors (Lipinski definition) is 4. The van der Waals surface area contributed by atoms with Crippen LogP contribution in [0.3, 0.4) is 0 Å². The number of halogens is 1. The molecule has 2 aromatic rings. The average Bonchev–Trinajstić information content (AvgIpc) is 2.77. The maximum atomic E-state index is 12.3. The van der Waals surface area contributed by atoms with E-state index >= 15 is 0 Å². The van der Waals surface area contributed by atoms with Crippen molar-refractivity contribution in [2.24, 2.45) is 0 Å². The molecule has 2 N–H and O–H groups in total. The van der Waals surface area contributed by atoms with Gasteiger partial charge in [-0.1, -0.05) is 11.6 Å². The average molecular weight is 296 g/mol. The third-order valence-electron chi connectivity index (χ3n) is 2.83. The highest BCUT2D eigenvalue weighted by atomic mass is 35.5. The van der Waals surface area contributed by atoms with Crippen LogP contribution in [0, 0.1) is 6.92 Å². The number of nitrogen functional groups attached to an aromatic ring is 1. The topological polar surface area (TPSA) is 59.2 Å². The van der Waals surface area contributed by atoms with E-state index in [-0.39, 0.29) is 11.1 Å². The van der Waals surface area contributed by atoms with Crippen LogP contribution in [0.5, 0.6) is 0 Å². The number of hydrogen-bond donors (Lipinski definition) is 1. The summed E-state index contributed by atoms with van der Waals surface area (Å²) in [7, 11) is 1.75. The fraction of sp³-hybridized carbons (Fsp3) is 0.231. The number of carbonyl (C=O) groups excluding carboxylic acids is 1. The minimum absolute atomic E-state index is 0.158. The Morgan fingerprint density at radius 1 is 1.58 bits per heavy atom. The predicted octanol–water partition coefficient (Wildman–Crippen LogP) is 2.96. The Morgan fingerprint density at radius 3 is 2.95 bits per heavy atom. The summed E-state index contributed by atoms with van der Waals surface area (Å²) in [5.74, 6) is -0.158. The molecule has 0 bridgehead atoms. The normalized spacial score (nSPS) is 10.5. The molecular formula is C13H14ClN3OS. The number of carbonyl (C=O) groups is 1. The maximum Gasteiger partial charge on any atom is 0.256 e. The third kappa shape index (κ3) is 3.05. The second-order valence-corrected chi connectivity index (χ2v) is 5.67. The van der Waals surface area contributed by atoms with Crippen molar-refractivity contribution in [3.63, 3.8) is 0 Å². The molecule has 4 nitrogen and oxygen atoms in total. The van der Waals surface area contributed by atoms with Crippen molar-refractivity contribution >= 4 is 34.5 Å². The number of amides is 1. The largest absolute Gasteiger partial charge is 0.397 e. The van der Waals surface area contributed by atoms with Crippen LogP contribution in [0.25, 0.3) is 0 Å². The predicted molar refractivity (Wildman–Crippen MR) is 78.5 cm³/mol. The number of aromatic nitrogens is 1. The molecule has 0 saturated carbocycles. The number of pyridine rings is 1. The Hall–Kier alpha value is -1.59. The number of thiophene rings is 1. The Bertz CT molecular complexity index is 612. The molecule has 1 amide bonds. The second kappa shape index (κ2) is 5.59. The van der Waals surface area contributed by atoms with Gasteiger partial charge in [0.05, 0.1) is 24.0 Å². The van der Waals surface area contributed by atoms with Crippen LogP contribution < -0.4 is 5.73 Å². The fourth-order valence-corrected chi connectivity index (χ4v) is 2.80. The van der Waals surface area contributed by atoms with Gasteiger partial charge in [-0.05, 0) is 30.0 Å². The molecule has 0 radical (unpaired) electrons. The molecule has 0 saturated heterocycles. The zero-order chi connectivity index (χ0) is 14.0. The first-order chi connectivity index (χ1) is 8.99. The van der Waals surface area contributed by atoms with Gasteiger partial charge in [0.25, 0.3) is 5.91 Å². The lowest BCUT2D eigenvalue weighted by molar-refractivity contribution is 0.0787. The van der Waals surface area contributed by atoms with Crippen molar-refractivity contribution in [3.8, 4) is 0 Å². The van der Waals surface area contributed by atoms with E-state index in [1.807, 2.05) is 18.4 Å². The Kier molecular flexibility index (Phi) is 4.07. The number of aryl methyl sites for hydroxylation is 1. The second-order valence-electron chi connectivity index (χ2n) is 4.28. The van der Waals surface area contributed by atoms with Crippen LogP contribution >= 0.6 is 22.9 Å². The highest BCUT2D eigenvalue weighted by molar-refractivity contribution is 7.10. The molecule has 0 unspecified atom stereocenters. The van der Waals surface area contributed by atoms with E-state index in [9.17, 15) is 4.79 Å². The number of nitrogens with two attached hydrogens (primary N) is 1. The highest BCUT2D eigenvalue weighted by Crippen LogP contribution is 2.21. The molecule has 0 aliphatic heterocycles. The van der Waals surface area contributed by atoms with Gasteiger partial charge in [0.1, 0.15) is 5.15 Å². The van der Waals surface area contributed by atoms with Gasteiger partial charge in [-0.2, -0.15) is 0 Å². The molecule has 6 heteroatoms. The van der Waals surface area contributed by atoms with Crippen LogP contribution in [-0.4, -0.2) is 22.8 Å². The summed E-state index contributed by atoms with van der Waals surface area (Å²) in [6, 6.07) is 3.53. The van der Waals surface area contributed by atoms with Crippen molar-refractivity contribution in [1.82, 2.24) is 9.88 Å². The zero-order valence-corrected chi connectivity index (χ0v) is 12.3. The van der Waals surface area contributed by atoms with Crippen molar-refractivity contribution in [3.05, 3.63) is 44.9 Å². The molecule has 0 aromatic carbocycles. The monoisotopic (exact) mass is 295 g/mol. The van der Waals surface area contributed by atoms with E-state index in [0.29, 0.717) is 17.8 Å². The lowest BCUT2D eigenvalue weighted by Gasteiger charge is -2.18. The smallest absolute Gasteiger partial charge is 0.256 e. The van der Waals surface area contributed by atoms with E-state index in [4.69, 9.17) is 17.3 Å². The van der Waals surface area contributed by atoms with Gasteiger partial charge in [-0.3, -0.25) is 4.79 Å². The zero-order valence-electron chi connectivity index (χ0n) is 10.7. The van der Waals surface area contributed by atoms with Gasteiger partial charge >= 0.3 is 0 Å². The van der Waals surface area contributed by atoms with Crippen LogP contribution in [0.1, 0.15) is 20.8 Å². The summed E-state index contributed by atoms with van der Waals surface area (Å²) in [5, 5.41) is 2.28. The Morgan fingerprint density at radius 2 is 2.32 bits per heavy atom. The van der Waals surface area contributed by atoms with Gasteiger partial charge in [-0.15, -0.1) is 11.3 Å². The van der Waals surface area contributed by atoms with Gasteiger partial charge < -0.3 is 10.6 Å². The number of anilines is 1. The maximum absolute atomic E-state index is 12.3. The van der Waals surface area contributed by atoms with Crippen molar-refractivity contribution in [2.75, 3.05) is 12.8 Å². The summed E-state index contributed by atoms with van der Waals surface area (Å²) in [6.45, 7) is 2.59. The van der Waals surface area contributed by atoms with E-state index in [2.05, 4.69) is 4.98 Å². The molecular weight excluding hydrogens is 282 g/mol. The molecule has 19 heavy (non-hydrogen) atoms. The standard InChI is InChI=1S/C13H14ClN3OS/c1-8-3-4-19-11(8)7-17(2)13(18)9-5-12(14)16-6-10(9)15/h3-6H,7,15H2,1-2H3. The first kappa shape index (κ1) is 13.8. The van der Waals surface area contributed by atoms with Crippen LogP contribution in [0.2, 0.25) is 5.15 Å². The van der Waals surface area contributed by atoms with Crippen LogP contribution in [-0.2, 0) is 6.54 Å². The third-order valence-corrected chi connectivity index (χ3v) is 4.04. The minimum atomic E-state index is -0.158. The van der Waals surface area contributed by atoms with Crippen molar-refractivity contribution < 1.29 is 4.79 Å². The molecule has 0 aliphatic carbocycles. The SMILES string of the molecule is Cc1ccsc1CN(C)C(=O)c1cc(Cl)ncc1N. The molecule has 0 atom stereocenters. The fourth-order valence-electron chi connectivity index (χ4n) is 1.68. The quantitative estimate of drug-likeness (QED) is 0.886. The summed E-state index contributed by atoms with van der Waals surface area (Å²) in [4.78, 5) is 18.9. The first-order valence-electron chi connectivity index (χ1n) is 5.68. The van der Waals surface area contributed by atoms with Crippen molar-refractivity contribution in [1.29, 1.82) is 0 Å². The Labute approximate surface area is 120 Å². The molecule has 100 valence electrons. The summed E-state index contributed by atoms with van der Waals surface area (Å²) >= 11 is 7.43. The summed E-state index contributed by atoms with van der Waals surface area (Å²) in [6.07, 6.45) is 1.40. The summed E-state index contributed by atoms with van der Waals surface area (Å²) in [5.41, 5.74) is 7.67. The Balaban J connectivity index is 2.19. The van der Waals surface area contributed by atoms with E-state index < -0.39 is 0 Å². The van der Waals surface area contributed by atoms with E-state index in [1.165, 1.54) is 17.8 Å². The molecule has 2 aromatic heterocycles. The first-order valence-corrected chi connectivity index (χ1v) is 6.94. The van der Waals surface area contributed by atoms with E-state index in [0.717, 1.165) is 4.88 Å². The summed E-state index contributed by atoms with van der Waals surface area (Å²) < 4.78 is 0. The molecule has 0 aliphatic rings. The van der Waals surface area contributed by atoms with Gasteiger partial charge in [0.15, 0.2) is 0 Å². The number of nitrogens with zero attached hydrogens (tertiary/aromatic N) is 2. The van der Waals surface area contributed by atoms with Crippen LogP contribution in [0.15, 0.2) is 23.7 Å². The lowest BCUT2D eigenvalue weighted by atomic mass is 10.2. The van der Waals surface area contributed by atoms with Crippen LogP contribution in [0.4, 0.5) is 5.69 Å². The molecule has 0 fully saturated rings. The van der Waals surface area contributed by atoms with Gasteiger partial charge in [0.2, 0.25) is 0 Å². The molecule has 2 heterocycles. The molecule has 2 rings (SSSR count). The van der Waals surface area contributed by atoms with Gasteiger partial charge in [0, 0.05) is 11.9 Å². The highest BCUT2D eigenvalue weighted by Gasteiger charge is 2.17.